The van der Waals surface area contributed by atoms with E-state index in [1.54, 1.807) is 25.1 Å². The minimum atomic E-state index is -0.945. The number of rotatable bonds is 5. The summed E-state index contributed by atoms with van der Waals surface area (Å²) in [5, 5.41) is 20.7. The average Bonchev–Trinajstić information content (AvgIpc) is 2.35. The lowest BCUT2D eigenvalue weighted by Gasteiger charge is -2.15. The van der Waals surface area contributed by atoms with Crippen molar-refractivity contribution < 1.29 is 14.6 Å². The SMILES string of the molecule is CCC(Nc1cc(OC)ccc1C#N)C(=O)O. The summed E-state index contributed by atoms with van der Waals surface area (Å²) in [5.74, 6) is -0.369. The third-order valence-electron chi connectivity index (χ3n) is 2.38. The van der Waals surface area contributed by atoms with Gasteiger partial charge in [-0.1, -0.05) is 6.92 Å². The van der Waals surface area contributed by atoms with Crippen molar-refractivity contribution >= 4 is 11.7 Å². The number of carbonyl (C=O) groups is 1. The molecule has 1 aromatic rings. The van der Waals surface area contributed by atoms with Gasteiger partial charge in [0.1, 0.15) is 17.9 Å². The van der Waals surface area contributed by atoms with Crippen LogP contribution in [0.15, 0.2) is 18.2 Å². The van der Waals surface area contributed by atoms with E-state index >= 15 is 0 Å². The molecule has 0 fully saturated rings. The van der Waals surface area contributed by atoms with Crippen LogP contribution in [0.25, 0.3) is 0 Å². The molecule has 0 heterocycles. The van der Waals surface area contributed by atoms with Gasteiger partial charge in [-0.2, -0.15) is 5.26 Å². The topological polar surface area (TPSA) is 82.3 Å². The molecule has 0 saturated carbocycles. The first kappa shape index (κ1) is 12.8. The zero-order chi connectivity index (χ0) is 12.8. The van der Waals surface area contributed by atoms with Crippen molar-refractivity contribution in [3.8, 4) is 11.8 Å². The van der Waals surface area contributed by atoms with Gasteiger partial charge in [0.25, 0.3) is 0 Å². The molecule has 1 unspecified atom stereocenters. The van der Waals surface area contributed by atoms with Crippen molar-refractivity contribution in [2.45, 2.75) is 19.4 Å². The maximum Gasteiger partial charge on any atom is 0.326 e. The summed E-state index contributed by atoms with van der Waals surface area (Å²) in [6.45, 7) is 1.76. The van der Waals surface area contributed by atoms with E-state index in [-0.39, 0.29) is 0 Å². The highest BCUT2D eigenvalue weighted by molar-refractivity contribution is 5.78. The van der Waals surface area contributed by atoms with Gasteiger partial charge in [0.05, 0.1) is 18.4 Å². The van der Waals surface area contributed by atoms with Crippen molar-refractivity contribution in [3.63, 3.8) is 0 Å². The fourth-order valence-electron chi connectivity index (χ4n) is 1.39. The van der Waals surface area contributed by atoms with Crippen LogP contribution in [0.1, 0.15) is 18.9 Å². The van der Waals surface area contributed by atoms with E-state index in [1.165, 1.54) is 7.11 Å². The van der Waals surface area contributed by atoms with Gasteiger partial charge < -0.3 is 15.2 Å². The van der Waals surface area contributed by atoms with Crippen molar-refractivity contribution in [3.05, 3.63) is 23.8 Å². The molecule has 0 aromatic heterocycles. The molecule has 2 N–H and O–H groups in total. The molecular formula is C12H14N2O3. The fourth-order valence-corrected chi connectivity index (χ4v) is 1.39. The molecule has 0 spiro atoms. The Bertz CT molecular complexity index is 452. The Hall–Kier alpha value is -2.22. The number of nitrogens with zero attached hydrogens (tertiary/aromatic N) is 1. The van der Waals surface area contributed by atoms with Crippen LogP contribution in [0, 0.1) is 11.3 Å². The minimum Gasteiger partial charge on any atom is -0.497 e. The van der Waals surface area contributed by atoms with E-state index < -0.39 is 12.0 Å². The largest absolute Gasteiger partial charge is 0.497 e. The van der Waals surface area contributed by atoms with Crippen LogP contribution in [0.2, 0.25) is 0 Å². The molecule has 0 bridgehead atoms. The highest BCUT2D eigenvalue weighted by Gasteiger charge is 2.16. The molecule has 0 aliphatic heterocycles. The molecule has 1 aromatic carbocycles. The van der Waals surface area contributed by atoms with Crippen LogP contribution in [0.3, 0.4) is 0 Å². The Morgan fingerprint density at radius 3 is 2.82 bits per heavy atom. The number of nitrogens with one attached hydrogen (secondary N) is 1. The van der Waals surface area contributed by atoms with E-state index in [9.17, 15) is 4.79 Å². The Morgan fingerprint density at radius 1 is 1.65 bits per heavy atom. The van der Waals surface area contributed by atoms with Crippen LogP contribution >= 0.6 is 0 Å². The van der Waals surface area contributed by atoms with Gasteiger partial charge in [-0.05, 0) is 18.6 Å². The smallest absolute Gasteiger partial charge is 0.326 e. The molecule has 0 radical (unpaired) electrons. The molecule has 0 aliphatic carbocycles. The standard InChI is InChI=1S/C12H14N2O3/c1-3-10(12(15)16)14-11-6-9(17-2)5-4-8(11)7-13/h4-6,10,14H,3H2,1-2H3,(H,15,16). The van der Waals surface area contributed by atoms with Gasteiger partial charge in [-0.15, -0.1) is 0 Å². The van der Waals surface area contributed by atoms with Gasteiger partial charge in [0.15, 0.2) is 0 Å². The summed E-state index contributed by atoms with van der Waals surface area (Å²) in [6, 6.07) is 6.16. The maximum absolute atomic E-state index is 10.9. The normalized spacial score (nSPS) is 11.4. The maximum atomic E-state index is 10.9. The van der Waals surface area contributed by atoms with Gasteiger partial charge >= 0.3 is 5.97 Å². The van der Waals surface area contributed by atoms with Crippen LogP contribution in [-0.2, 0) is 4.79 Å². The molecular weight excluding hydrogens is 220 g/mol. The number of hydrogen-bond acceptors (Lipinski definition) is 4. The number of ether oxygens (including phenoxy) is 1. The Labute approximate surface area is 99.6 Å². The Morgan fingerprint density at radius 2 is 2.35 bits per heavy atom. The molecule has 90 valence electrons. The molecule has 17 heavy (non-hydrogen) atoms. The number of benzene rings is 1. The number of carboxylic acid groups (broad SMARTS) is 1. The average molecular weight is 234 g/mol. The molecule has 5 heteroatoms. The van der Waals surface area contributed by atoms with Gasteiger partial charge in [0.2, 0.25) is 0 Å². The molecule has 0 saturated heterocycles. The Kier molecular flexibility index (Phi) is 4.35. The van der Waals surface area contributed by atoms with Crippen LogP contribution in [0.4, 0.5) is 5.69 Å². The molecule has 0 amide bonds. The van der Waals surface area contributed by atoms with Crippen molar-refractivity contribution in [2.75, 3.05) is 12.4 Å². The molecule has 1 rings (SSSR count). The molecule has 1 atom stereocenters. The van der Waals surface area contributed by atoms with Crippen molar-refractivity contribution in [1.29, 1.82) is 5.26 Å². The lowest BCUT2D eigenvalue weighted by molar-refractivity contribution is -0.137. The van der Waals surface area contributed by atoms with Crippen molar-refractivity contribution in [2.24, 2.45) is 0 Å². The van der Waals surface area contributed by atoms with Gasteiger partial charge in [0, 0.05) is 6.07 Å². The van der Waals surface area contributed by atoms with Gasteiger partial charge in [-0.25, -0.2) is 4.79 Å². The molecule has 0 aliphatic rings. The highest BCUT2D eigenvalue weighted by atomic mass is 16.5. The van der Waals surface area contributed by atoms with E-state index in [0.717, 1.165) is 0 Å². The number of aliphatic carboxylic acids is 1. The zero-order valence-corrected chi connectivity index (χ0v) is 9.73. The number of carboxylic acids is 1. The second kappa shape index (κ2) is 5.75. The highest BCUT2D eigenvalue weighted by Crippen LogP contribution is 2.23. The minimum absolute atomic E-state index is 0.394. The zero-order valence-electron chi connectivity index (χ0n) is 9.73. The predicted octanol–water partition coefficient (Wildman–Crippen LogP) is 1.84. The summed E-state index contributed by atoms with van der Waals surface area (Å²) < 4.78 is 5.03. The van der Waals surface area contributed by atoms with E-state index in [1.807, 2.05) is 6.07 Å². The Balaban J connectivity index is 3.03. The quantitative estimate of drug-likeness (QED) is 0.812. The monoisotopic (exact) mass is 234 g/mol. The first-order chi connectivity index (χ1) is 8.12. The summed E-state index contributed by atoms with van der Waals surface area (Å²) in [4.78, 5) is 10.9. The first-order valence-electron chi connectivity index (χ1n) is 5.19. The third kappa shape index (κ3) is 3.11. The lowest BCUT2D eigenvalue weighted by Crippen LogP contribution is -2.28. The van der Waals surface area contributed by atoms with Crippen LogP contribution < -0.4 is 10.1 Å². The fraction of sp³-hybridized carbons (Fsp3) is 0.333. The number of anilines is 1. The lowest BCUT2D eigenvalue weighted by atomic mass is 10.1. The summed E-state index contributed by atoms with van der Waals surface area (Å²) in [6.07, 6.45) is 0.428. The number of nitriles is 1. The number of hydrogen-bond donors (Lipinski definition) is 2. The molecule has 5 nitrogen and oxygen atoms in total. The second-order valence-corrected chi connectivity index (χ2v) is 3.47. The number of methoxy groups -OCH3 is 1. The van der Waals surface area contributed by atoms with E-state index in [2.05, 4.69) is 5.32 Å². The summed E-state index contributed by atoms with van der Waals surface area (Å²) >= 11 is 0. The van der Waals surface area contributed by atoms with E-state index in [0.29, 0.717) is 23.4 Å². The third-order valence-corrected chi connectivity index (χ3v) is 2.38. The first-order valence-corrected chi connectivity index (χ1v) is 5.19. The van der Waals surface area contributed by atoms with Crippen LogP contribution in [0.5, 0.6) is 5.75 Å². The van der Waals surface area contributed by atoms with Crippen LogP contribution in [-0.4, -0.2) is 24.2 Å². The second-order valence-electron chi connectivity index (χ2n) is 3.47. The van der Waals surface area contributed by atoms with E-state index in [4.69, 9.17) is 15.1 Å². The van der Waals surface area contributed by atoms with Crippen molar-refractivity contribution in [1.82, 2.24) is 0 Å². The summed E-state index contributed by atoms with van der Waals surface area (Å²) in [7, 11) is 1.51. The van der Waals surface area contributed by atoms with Gasteiger partial charge in [-0.3, -0.25) is 0 Å². The summed E-state index contributed by atoms with van der Waals surface area (Å²) in [5.41, 5.74) is 0.867. The predicted molar refractivity (Wildman–Crippen MR) is 63.0 cm³/mol.